The molecule has 20 heavy (non-hydrogen) atoms. The van der Waals surface area contributed by atoms with Crippen molar-refractivity contribution in [1.82, 2.24) is 26.4 Å². The predicted octanol–water partition coefficient (Wildman–Crippen LogP) is -3.82. The van der Waals surface area contributed by atoms with Gasteiger partial charge in [0.1, 0.15) is 12.3 Å². The van der Waals surface area contributed by atoms with E-state index in [1.54, 1.807) is 0 Å². The second kappa shape index (κ2) is 5.07. The third-order valence-corrected chi connectivity index (χ3v) is 4.06. The van der Waals surface area contributed by atoms with Crippen molar-refractivity contribution in [2.24, 2.45) is 0 Å². The molecule has 2 amide bonds. The number of nitrogens with zero attached hydrogens (tertiary/aromatic N) is 2. The molecule has 0 saturated carbocycles. The maximum atomic E-state index is 11.7. The van der Waals surface area contributed by atoms with Crippen molar-refractivity contribution >= 4 is 6.03 Å². The molecule has 0 spiro atoms. The van der Waals surface area contributed by atoms with E-state index in [1.807, 2.05) is 0 Å². The van der Waals surface area contributed by atoms with E-state index >= 15 is 0 Å². The molecule has 10 nitrogen and oxygen atoms in total. The quantitative estimate of drug-likeness (QED) is 0.273. The molecule has 0 aliphatic carbocycles. The molecule has 4 bridgehead atoms. The van der Waals surface area contributed by atoms with E-state index in [2.05, 4.69) is 16.3 Å². The van der Waals surface area contributed by atoms with Crippen LogP contribution in [0.3, 0.4) is 0 Å². The fourth-order valence-corrected chi connectivity index (χ4v) is 3.07. The Balaban J connectivity index is 1.67. The van der Waals surface area contributed by atoms with Gasteiger partial charge in [-0.15, -0.1) is 5.53 Å². The first-order chi connectivity index (χ1) is 9.52. The highest BCUT2D eigenvalue weighted by Gasteiger charge is 2.59. The molecule has 0 aromatic rings. The molecule has 3 aliphatic rings. The van der Waals surface area contributed by atoms with Gasteiger partial charge in [-0.25, -0.2) is 15.2 Å². The normalized spacial score (nSPS) is 41.7. The Labute approximate surface area is 114 Å². The molecule has 0 aromatic carbocycles. The zero-order chi connectivity index (χ0) is 14.4. The second-order valence-electron chi connectivity index (χ2n) is 5.33. The number of carbonyl (C=O) groups excluding carboxylic acids is 1. The van der Waals surface area contributed by atoms with Gasteiger partial charge in [0.25, 0.3) is 0 Å². The van der Waals surface area contributed by atoms with E-state index in [1.165, 1.54) is 10.1 Å². The molecule has 7 atom stereocenters. The standard InChI is InChI=1S/C10H19N5O5/c16-2-1-5(17)6(18)3-4-7-8-9(19)11-10(20)14(7)13-15(8)12-4/h4-9,12-13,16-19H,1-3H2,(H,11,20)/t4?,5-,6+,7?,8?,9?/m1/s1. The molecule has 3 aliphatic heterocycles. The summed E-state index contributed by atoms with van der Waals surface area (Å²) in [5, 5.41) is 43.5. The summed E-state index contributed by atoms with van der Waals surface area (Å²) in [5.74, 6) is 0. The second-order valence-corrected chi connectivity index (χ2v) is 5.33. The van der Waals surface area contributed by atoms with Gasteiger partial charge in [0.15, 0.2) is 0 Å². The van der Waals surface area contributed by atoms with Gasteiger partial charge in [-0.05, 0) is 12.8 Å². The Hall–Kier alpha value is -1.01. The largest absolute Gasteiger partial charge is 0.396 e. The molecular weight excluding hydrogens is 270 g/mol. The van der Waals surface area contributed by atoms with Crippen molar-refractivity contribution in [2.45, 2.75) is 49.4 Å². The topological polar surface area (TPSA) is 141 Å². The lowest BCUT2D eigenvalue weighted by Crippen LogP contribution is -2.65. The van der Waals surface area contributed by atoms with Crippen molar-refractivity contribution in [3.05, 3.63) is 0 Å². The number of aliphatic hydroxyl groups is 4. The fourth-order valence-electron chi connectivity index (χ4n) is 3.07. The highest BCUT2D eigenvalue weighted by atomic mass is 16.3. The number of rotatable bonds is 5. The Kier molecular flexibility index (Phi) is 3.54. The maximum absolute atomic E-state index is 11.7. The summed E-state index contributed by atoms with van der Waals surface area (Å²) in [5.41, 5.74) is 5.82. The zero-order valence-electron chi connectivity index (χ0n) is 10.7. The summed E-state index contributed by atoms with van der Waals surface area (Å²) in [4.78, 5) is 11.7. The summed E-state index contributed by atoms with van der Waals surface area (Å²) in [6, 6.07) is -1.42. The van der Waals surface area contributed by atoms with E-state index in [0.717, 1.165) is 0 Å². The SMILES string of the molecule is O=C1NC(O)C2C3C(C[C@H](O)[C@H](O)CCO)NN2NN13. The number of aliphatic hydroxyl groups excluding tert-OH is 4. The Morgan fingerprint density at radius 1 is 1.25 bits per heavy atom. The van der Waals surface area contributed by atoms with Gasteiger partial charge in [-0.3, -0.25) is 0 Å². The van der Waals surface area contributed by atoms with Crippen LogP contribution < -0.4 is 16.3 Å². The molecule has 3 saturated heterocycles. The lowest BCUT2D eigenvalue weighted by molar-refractivity contribution is -0.0252. The van der Waals surface area contributed by atoms with Crippen LogP contribution in [0, 0.1) is 0 Å². The number of amides is 2. The van der Waals surface area contributed by atoms with Crippen LogP contribution in [0.4, 0.5) is 4.79 Å². The van der Waals surface area contributed by atoms with Crippen molar-refractivity contribution in [1.29, 1.82) is 0 Å². The highest BCUT2D eigenvalue weighted by molar-refractivity contribution is 5.76. The smallest absolute Gasteiger partial charge is 0.335 e. The molecular formula is C10H19N5O5. The third kappa shape index (κ3) is 2.05. The van der Waals surface area contributed by atoms with Gasteiger partial charge < -0.3 is 25.7 Å². The molecule has 3 rings (SSSR count). The van der Waals surface area contributed by atoms with E-state index in [0.29, 0.717) is 0 Å². The summed E-state index contributed by atoms with van der Waals surface area (Å²) in [6.45, 7) is -0.205. The number of hydrogen-bond donors (Lipinski definition) is 7. The molecule has 3 fully saturated rings. The summed E-state index contributed by atoms with van der Waals surface area (Å²) < 4.78 is 0. The lowest BCUT2D eigenvalue weighted by atomic mass is 9.93. The van der Waals surface area contributed by atoms with E-state index in [9.17, 15) is 20.1 Å². The summed E-state index contributed by atoms with van der Waals surface area (Å²) in [7, 11) is 0. The minimum atomic E-state index is -1.02. The minimum Gasteiger partial charge on any atom is -0.396 e. The molecule has 114 valence electrons. The van der Waals surface area contributed by atoms with Crippen molar-refractivity contribution < 1.29 is 25.2 Å². The number of nitrogens with one attached hydrogen (secondary N) is 3. The number of hydrogen-bond acceptors (Lipinski definition) is 8. The van der Waals surface area contributed by atoms with Crippen LogP contribution in [0.1, 0.15) is 12.8 Å². The first kappa shape index (κ1) is 13.9. The van der Waals surface area contributed by atoms with Crippen LogP contribution in [0.25, 0.3) is 0 Å². The van der Waals surface area contributed by atoms with Crippen LogP contribution >= 0.6 is 0 Å². The van der Waals surface area contributed by atoms with E-state index in [-0.39, 0.29) is 37.6 Å². The first-order valence-electron chi connectivity index (χ1n) is 6.59. The Bertz CT molecular complexity index is 398. The maximum Gasteiger partial charge on any atom is 0.335 e. The molecule has 7 N–H and O–H groups in total. The molecule has 3 heterocycles. The van der Waals surface area contributed by atoms with Gasteiger partial charge >= 0.3 is 6.03 Å². The summed E-state index contributed by atoms with van der Waals surface area (Å²) >= 11 is 0. The van der Waals surface area contributed by atoms with Gasteiger partial charge in [0, 0.05) is 12.6 Å². The lowest BCUT2D eigenvalue weighted by Gasteiger charge is -2.37. The van der Waals surface area contributed by atoms with Crippen molar-refractivity contribution in [3.63, 3.8) is 0 Å². The van der Waals surface area contributed by atoms with E-state index < -0.39 is 24.5 Å². The molecule has 0 aromatic heterocycles. The Morgan fingerprint density at radius 3 is 2.70 bits per heavy atom. The highest BCUT2D eigenvalue weighted by Crippen LogP contribution is 2.32. The third-order valence-electron chi connectivity index (χ3n) is 4.06. The van der Waals surface area contributed by atoms with Gasteiger partial charge in [-0.1, -0.05) is 0 Å². The van der Waals surface area contributed by atoms with Crippen LogP contribution in [0.15, 0.2) is 0 Å². The first-order valence-corrected chi connectivity index (χ1v) is 6.59. The monoisotopic (exact) mass is 289 g/mol. The average molecular weight is 289 g/mol. The minimum absolute atomic E-state index is 0.0940. The van der Waals surface area contributed by atoms with Crippen molar-refractivity contribution in [2.75, 3.05) is 6.61 Å². The van der Waals surface area contributed by atoms with E-state index in [4.69, 9.17) is 5.11 Å². The van der Waals surface area contributed by atoms with Gasteiger partial charge in [0.05, 0.1) is 18.2 Å². The molecule has 0 radical (unpaired) electrons. The predicted molar refractivity (Wildman–Crippen MR) is 64.2 cm³/mol. The summed E-state index contributed by atoms with van der Waals surface area (Å²) in [6.07, 6.45) is -2.73. The van der Waals surface area contributed by atoms with Crippen LogP contribution in [-0.4, -0.2) is 79.8 Å². The molecule has 10 heteroatoms. The van der Waals surface area contributed by atoms with Crippen molar-refractivity contribution in [3.8, 4) is 0 Å². The zero-order valence-corrected chi connectivity index (χ0v) is 10.7. The Morgan fingerprint density at radius 2 is 2.00 bits per heavy atom. The fraction of sp³-hybridized carbons (Fsp3) is 0.900. The van der Waals surface area contributed by atoms with Crippen LogP contribution in [0.5, 0.6) is 0 Å². The molecule has 5 unspecified atom stereocenters. The van der Waals surface area contributed by atoms with Crippen LogP contribution in [-0.2, 0) is 0 Å². The number of carbonyl (C=O) groups is 1. The van der Waals surface area contributed by atoms with Crippen LogP contribution in [0.2, 0.25) is 0 Å². The van der Waals surface area contributed by atoms with Gasteiger partial charge in [-0.2, -0.15) is 5.12 Å². The average Bonchev–Trinajstić information content (AvgIpc) is 2.90. The number of hydrazine groups is 3. The van der Waals surface area contributed by atoms with Gasteiger partial charge in [0.2, 0.25) is 0 Å². The number of urea groups is 1.